The SMILES string of the molecule is CCNC(=O)Nc1cc2c(F)ccc(Br)c2cn1. The van der Waals surface area contributed by atoms with E-state index in [9.17, 15) is 9.18 Å². The third-order valence-electron chi connectivity index (χ3n) is 2.37. The van der Waals surface area contributed by atoms with Crippen molar-refractivity contribution in [2.45, 2.75) is 6.92 Å². The zero-order valence-electron chi connectivity index (χ0n) is 9.63. The molecule has 94 valence electrons. The summed E-state index contributed by atoms with van der Waals surface area (Å²) in [6.07, 6.45) is 1.52. The van der Waals surface area contributed by atoms with Gasteiger partial charge in [0.05, 0.1) is 0 Å². The summed E-state index contributed by atoms with van der Waals surface area (Å²) in [5.41, 5.74) is 0. The van der Waals surface area contributed by atoms with Crippen LogP contribution in [0.3, 0.4) is 0 Å². The maximum absolute atomic E-state index is 13.7. The summed E-state index contributed by atoms with van der Waals surface area (Å²) in [7, 11) is 0. The number of carbonyl (C=O) groups excluding carboxylic acids is 1. The first-order valence-corrected chi connectivity index (χ1v) is 6.19. The number of nitrogens with one attached hydrogen (secondary N) is 2. The lowest BCUT2D eigenvalue weighted by Crippen LogP contribution is -2.28. The van der Waals surface area contributed by atoms with Gasteiger partial charge in [0.15, 0.2) is 0 Å². The highest BCUT2D eigenvalue weighted by atomic mass is 79.9. The first-order valence-electron chi connectivity index (χ1n) is 5.40. The molecule has 2 rings (SSSR count). The summed E-state index contributed by atoms with van der Waals surface area (Å²) < 4.78 is 14.4. The Kier molecular flexibility index (Phi) is 3.76. The molecule has 0 bridgehead atoms. The molecule has 0 saturated heterocycles. The normalized spacial score (nSPS) is 10.4. The van der Waals surface area contributed by atoms with Crippen LogP contribution >= 0.6 is 15.9 Å². The number of carbonyl (C=O) groups is 1. The van der Waals surface area contributed by atoms with Gasteiger partial charge in [-0.15, -0.1) is 0 Å². The first-order chi connectivity index (χ1) is 8.61. The van der Waals surface area contributed by atoms with Crippen LogP contribution < -0.4 is 10.6 Å². The number of aromatic nitrogens is 1. The van der Waals surface area contributed by atoms with Crippen molar-refractivity contribution < 1.29 is 9.18 Å². The zero-order valence-corrected chi connectivity index (χ0v) is 11.2. The number of hydrogen-bond acceptors (Lipinski definition) is 2. The van der Waals surface area contributed by atoms with Gasteiger partial charge >= 0.3 is 6.03 Å². The average molecular weight is 312 g/mol. The molecule has 0 aliphatic rings. The van der Waals surface area contributed by atoms with Crippen LogP contribution in [0.5, 0.6) is 0 Å². The zero-order chi connectivity index (χ0) is 13.1. The van der Waals surface area contributed by atoms with Crippen molar-refractivity contribution in [3.8, 4) is 0 Å². The molecule has 0 spiro atoms. The molecule has 6 heteroatoms. The number of urea groups is 1. The quantitative estimate of drug-likeness (QED) is 0.894. The minimum absolute atomic E-state index is 0.311. The number of halogens is 2. The summed E-state index contributed by atoms with van der Waals surface area (Å²) in [5, 5.41) is 6.19. The van der Waals surface area contributed by atoms with Crippen LogP contribution in [0.15, 0.2) is 28.9 Å². The third kappa shape index (κ3) is 2.59. The van der Waals surface area contributed by atoms with Crippen molar-refractivity contribution in [3.05, 3.63) is 34.7 Å². The molecule has 0 aliphatic carbocycles. The Morgan fingerprint density at radius 1 is 1.44 bits per heavy atom. The highest BCUT2D eigenvalue weighted by molar-refractivity contribution is 9.10. The van der Waals surface area contributed by atoms with Gasteiger partial charge < -0.3 is 5.32 Å². The number of benzene rings is 1. The van der Waals surface area contributed by atoms with Crippen LogP contribution in [0.4, 0.5) is 15.0 Å². The van der Waals surface area contributed by atoms with Gasteiger partial charge in [0, 0.05) is 28.0 Å². The molecule has 2 aromatic rings. The fraction of sp³-hybridized carbons (Fsp3) is 0.167. The summed E-state index contributed by atoms with van der Waals surface area (Å²) in [6.45, 7) is 2.32. The van der Waals surface area contributed by atoms with Gasteiger partial charge in [-0.05, 0) is 25.1 Å². The molecule has 0 aliphatic heterocycles. The minimum Gasteiger partial charge on any atom is -0.338 e. The molecule has 1 heterocycles. The van der Waals surface area contributed by atoms with Crippen LogP contribution in [-0.4, -0.2) is 17.6 Å². The van der Waals surface area contributed by atoms with E-state index < -0.39 is 0 Å². The van der Waals surface area contributed by atoms with Gasteiger partial charge in [0.25, 0.3) is 0 Å². The molecule has 0 saturated carbocycles. The molecule has 2 amide bonds. The molecule has 0 atom stereocenters. The van der Waals surface area contributed by atoms with Gasteiger partial charge in [0.1, 0.15) is 11.6 Å². The van der Waals surface area contributed by atoms with Crippen molar-refractivity contribution in [3.63, 3.8) is 0 Å². The van der Waals surface area contributed by atoms with Gasteiger partial charge in [0.2, 0.25) is 0 Å². The lowest BCUT2D eigenvalue weighted by Gasteiger charge is -2.07. The van der Waals surface area contributed by atoms with E-state index >= 15 is 0 Å². The van der Waals surface area contributed by atoms with Gasteiger partial charge in [-0.3, -0.25) is 5.32 Å². The van der Waals surface area contributed by atoms with E-state index in [0.29, 0.717) is 23.1 Å². The Bertz CT molecular complexity index is 603. The molecule has 0 fully saturated rings. The Hall–Kier alpha value is -1.69. The highest BCUT2D eigenvalue weighted by Gasteiger charge is 2.07. The lowest BCUT2D eigenvalue weighted by molar-refractivity contribution is 0.252. The summed E-state index contributed by atoms with van der Waals surface area (Å²) in [5.74, 6) is -0.0417. The van der Waals surface area contributed by atoms with Crippen molar-refractivity contribution in [1.82, 2.24) is 10.3 Å². The number of hydrogen-bond donors (Lipinski definition) is 2. The Balaban J connectivity index is 2.38. The number of nitrogens with zero attached hydrogens (tertiary/aromatic N) is 1. The molecule has 2 N–H and O–H groups in total. The predicted molar refractivity (Wildman–Crippen MR) is 72.1 cm³/mol. The van der Waals surface area contributed by atoms with Crippen molar-refractivity contribution in [2.75, 3.05) is 11.9 Å². The van der Waals surface area contributed by atoms with Crippen LogP contribution in [-0.2, 0) is 0 Å². The molecule has 4 nitrogen and oxygen atoms in total. The maximum atomic E-state index is 13.7. The second-order valence-electron chi connectivity index (χ2n) is 3.63. The number of pyridine rings is 1. The van der Waals surface area contributed by atoms with Gasteiger partial charge in [-0.2, -0.15) is 0 Å². The topological polar surface area (TPSA) is 54.0 Å². The number of rotatable bonds is 2. The minimum atomic E-state index is -0.361. The van der Waals surface area contributed by atoms with E-state index in [2.05, 4.69) is 31.5 Å². The van der Waals surface area contributed by atoms with Crippen LogP contribution in [0.25, 0.3) is 10.8 Å². The van der Waals surface area contributed by atoms with E-state index in [-0.39, 0.29) is 11.8 Å². The standard InChI is InChI=1S/C12H11BrFN3O/c1-2-15-12(18)17-11-5-7-8(6-16-11)9(13)3-4-10(7)14/h3-6H,2H2,1H3,(H2,15,16,17,18). The Labute approximate surface area is 112 Å². The predicted octanol–water partition coefficient (Wildman–Crippen LogP) is 3.28. The first kappa shape index (κ1) is 12.8. The molecular weight excluding hydrogens is 301 g/mol. The Morgan fingerprint density at radius 2 is 2.22 bits per heavy atom. The summed E-state index contributed by atoms with van der Waals surface area (Å²) in [4.78, 5) is 15.4. The monoisotopic (exact) mass is 311 g/mol. The second kappa shape index (κ2) is 5.30. The van der Waals surface area contributed by atoms with E-state index in [0.717, 1.165) is 4.47 Å². The van der Waals surface area contributed by atoms with E-state index in [1.807, 2.05) is 6.92 Å². The molecule has 18 heavy (non-hydrogen) atoms. The summed E-state index contributed by atoms with van der Waals surface area (Å²) in [6, 6.07) is 4.13. The smallest absolute Gasteiger partial charge is 0.320 e. The van der Waals surface area contributed by atoms with E-state index in [4.69, 9.17) is 0 Å². The molecule has 0 radical (unpaired) electrons. The summed E-state index contributed by atoms with van der Waals surface area (Å²) >= 11 is 3.32. The molecule has 1 aromatic carbocycles. The maximum Gasteiger partial charge on any atom is 0.320 e. The van der Waals surface area contributed by atoms with Gasteiger partial charge in [-0.1, -0.05) is 15.9 Å². The van der Waals surface area contributed by atoms with E-state index in [1.165, 1.54) is 18.3 Å². The van der Waals surface area contributed by atoms with Crippen LogP contribution in [0.2, 0.25) is 0 Å². The third-order valence-corrected chi connectivity index (χ3v) is 3.06. The fourth-order valence-electron chi connectivity index (χ4n) is 1.56. The van der Waals surface area contributed by atoms with Crippen molar-refractivity contribution >= 4 is 38.6 Å². The van der Waals surface area contributed by atoms with Crippen molar-refractivity contribution in [1.29, 1.82) is 0 Å². The molecular formula is C12H11BrFN3O. The number of amides is 2. The fourth-order valence-corrected chi connectivity index (χ4v) is 2.01. The van der Waals surface area contributed by atoms with E-state index in [1.54, 1.807) is 6.07 Å². The largest absolute Gasteiger partial charge is 0.338 e. The highest BCUT2D eigenvalue weighted by Crippen LogP contribution is 2.27. The van der Waals surface area contributed by atoms with Crippen molar-refractivity contribution in [2.24, 2.45) is 0 Å². The van der Waals surface area contributed by atoms with Crippen LogP contribution in [0.1, 0.15) is 6.92 Å². The molecule has 0 unspecified atom stereocenters. The second-order valence-corrected chi connectivity index (χ2v) is 4.48. The average Bonchev–Trinajstić information content (AvgIpc) is 2.34. The number of fused-ring (bicyclic) bond motifs is 1. The number of anilines is 1. The van der Waals surface area contributed by atoms with Gasteiger partial charge in [-0.25, -0.2) is 14.2 Å². The lowest BCUT2D eigenvalue weighted by atomic mass is 10.1. The van der Waals surface area contributed by atoms with Crippen LogP contribution in [0, 0.1) is 5.82 Å². The Morgan fingerprint density at radius 3 is 2.94 bits per heavy atom. The molecule has 1 aromatic heterocycles.